The normalized spacial score (nSPS) is 10.9. The molecule has 0 radical (unpaired) electrons. The molecule has 2 aromatic rings. The van der Waals surface area contributed by atoms with Gasteiger partial charge in [-0.15, -0.1) is 0 Å². The van der Waals surface area contributed by atoms with E-state index in [1.165, 1.54) is 0 Å². The molecule has 0 amide bonds. The van der Waals surface area contributed by atoms with Crippen molar-refractivity contribution in [2.75, 3.05) is 32.5 Å². The van der Waals surface area contributed by atoms with Crippen molar-refractivity contribution in [2.45, 2.75) is 0 Å². The molecule has 0 heterocycles. The molecule has 19 heavy (non-hydrogen) atoms. The van der Waals surface area contributed by atoms with Gasteiger partial charge in [-0.05, 0) is 31.6 Å². The number of nitrogens with one attached hydrogen (secondary N) is 1. The Morgan fingerprint density at radius 3 is 2.47 bits per heavy atom. The van der Waals surface area contributed by atoms with Gasteiger partial charge in [0, 0.05) is 24.2 Å². The van der Waals surface area contributed by atoms with Crippen LogP contribution < -0.4 is 5.32 Å². The van der Waals surface area contributed by atoms with E-state index in [9.17, 15) is 9.90 Å². The summed E-state index contributed by atoms with van der Waals surface area (Å²) in [7, 11) is 4.04. The van der Waals surface area contributed by atoms with Gasteiger partial charge in [0.1, 0.15) is 0 Å². The fraction of sp³-hybridized carbons (Fsp3) is 0.267. The monoisotopic (exact) mass is 258 g/mol. The highest BCUT2D eigenvalue weighted by atomic mass is 16.4. The van der Waals surface area contributed by atoms with Crippen LogP contribution in [-0.2, 0) is 0 Å². The van der Waals surface area contributed by atoms with Gasteiger partial charge in [0.25, 0.3) is 0 Å². The lowest BCUT2D eigenvalue weighted by Crippen LogP contribution is -2.20. The summed E-state index contributed by atoms with van der Waals surface area (Å²) in [6, 6.07) is 11.1. The number of benzene rings is 2. The summed E-state index contributed by atoms with van der Waals surface area (Å²) in [5, 5.41) is 14.3. The van der Waals surface area contributed by atoms with Crippen molar-refractivity contribution in [2.24, 2.45) is 0 Å². The number of anilines is 1. The number of aromatic carboxylic acids is 1. The van der Waals surface area contributed by atoms with Crippen LogP contribution in [0.2, 0.25) is 0 Å². The SMILES string of the molecule is CN(C)CCNc1ccc(C(=O)O)c2ccccc12. The Morgan fingerprint density at radius 2 is 1.84 bits per heavy atom. The average Bonchev–Trinajstić information content (AvgIpc) is 2.38. The molecule has 0 spiro atoms. The van der Waals surface area contributed by atoms with Gasteiger partial charge in [0.2, 0.25) is 0 Å². The molecule has 0 saturated carbocycles. The average molecular weight is 258 g/mol. The second kappa shape index (κ2) is 5.71. The smallest absolute Gasteiger partial charge is 0.336 e. The van der Waals surface area contributed by atoms with E-state index in [0.29, 0.717) is 5.56 Å². The maximum atomic E-state index is 11.2. The molecule has 4 nitrogen and oxygen atoms in total. The van der Waals surface area contributed by atoms with Gasteiger partial charge in [0.15, 0.2) is 0 Å². The number of carboxylic acids is 1. The van der Waals surface area contributed by atoms with Crippen LogP contribution in [0.15, 0.2) is 36.4 Å². The van der Waals surface area contributed by atoms with Crippen LogP contribution >= 0.6 is 0 Å². The van der Waals surface area contributed by atoms with Crippen molar-refractivity contribution in [3.05, 3.63) is 42.0 Å². The molecule has 100 valence electrons. The van der Waals surface area contributed by atoms with E-state index in [2.05, 4.69) is 10.2 Å². The lowest BCUT2D eigenvalue weighted by Gasteiger charge is -2.14. The predicted octanol–water partition coefficient (Wildman–Crippen LogP) is 2.51. The minimum atomic E-state index is -0.893. The first kappa shape index (κ1) is 13.4. The molecule has 0 unspecified atom stereocenters. The summed E-state index contributed by atoms with van der Waals surface area (Å²) in [5.41, 5.74) is 1.32. The lowest BCUT2D eigenvalue weighted by molar-refractivity contribution is 0.0699. The summed E-state index contributed by atoms with van der Waals surface area (Å²) in [6.07, 6.45) is 0. The highest BCUT2D eigenvalue weighted by Gasteiger charge is 2.10. The molecule has 0 aliphatic heterocycles. The molecular formula is C15H18N2O2. The summed E-state index contributed by atoms with van der Waals surface area (Å²) in [4.78, 5) is 13.3. The van der Waals surface area contributed by atoms with Crippen molar-refractivity contribution in [1.82, 2.24) is 4.90 Å². The number of carbonyl (C=O) groups is 1. The van der Waals surface area contributed by atoms with Gasteiger partial charge < -0.3 is 15.3 Å². The van der Waals surface area contributed by atoms with Crippen LogP contribution in [0.1, 0.15) is 10.4 Å². The summed E-state index contributed by atoms with van der Waals surface area (Å²) >= 11 is 0. The lowest BCUT2D eigenvalue weighted by atomic mass is 10.0. The molecule has 0 aliphatic carbocycles. The van der Waals surface area contributed by atoms with Gasteiger partial charge in [-0.2, -0.15) is 0 Å². The zero-order valence-electron chi connectivity index (χ0n) is 11.2. The fourth-order valence-electron chi connectivity index (χ4n) is 2.05. The first-order valence-electron chi connectivity index (χ1n) is 6.23. The number of hydrogen-bond acceptors (Lipinski definition) is 3. The van der Waals surface area contributed by atoms with Crippen LogP contribution in [0.4, 0.5) is 5.69 Å². The van der Waals surface area contributed by atoms with Crippen LogP contribution in [0.25, 0.3) is 10.8 Å². The van der Waals surface area contributed by atoms with E-state index >= 15 is 0 Å². The zero-order chi connectivity index (χ0) is 13.8. The molecule has 2 rings (SSSR count). The van der Waals surface area contributed by atoms with Gasteiger partial charge in [-0.1, -0.05) is 24.3 Å². The Bertz CT molecular complexity index is 594. The highest BCUT2D eigenvalue weighted by molar-refractivity contribution is 6.07. The van der Waals surface area contributed by atoms with Crippen molar-refractivity contribution in [1.29, 1.82) is 0 Å². The number of nitrogens with zero attached hydrogens (tertiary/aromatic N) is 1. The van der Waals surface area contributed by atoms with E-state index in [1.807, 2.05) is 44.4 Å². The summed E-state index contributed by atoms with van der Waals surface area (Å²) in [6.45, 7) is 1.75. The molecule has 2 N–H and O–H groups in total. The molecule has 0 bridgehead atoms. The van der Waals surface area contributed by atoms with Gasteiger partial charge in [0.05, 0.1) is 5.56 Å². The van der Waals surface area contributed by atoms with Crippen LogP contribution in [0, 0.1) is 0 Å². The standard InChI is InChI=1S/C15H18N2O2/c1-17(2)10-9-16-14-8-7-13(15(18)19)11-5-3-4-6-12(11)14/h3-8,16H,9-10H2,1-2H3,(H,18,19). The third-order valence-electron chi connectivity index (χ3n) is 3.03. The minimum absolute atomic E-state index is 0.341. The van der Waals surface area contributed by atoms with Gasteiger partial charge >= 0.3 is 5.97 Å². The third kappa shape index (κ3) is 3.03. The molecule has 0 atom stereocenters. The van der Waals surface area contributed by atoms with E-state index in [1.54, 1.807) is 6.07 Å². The Kier molecular flexibility index (Phi) is 4.02. The number of carboxylic acid groups (broad SMARTS) is 1. The first-order chi connectivity index (χ1) is 9.09. The van der Waals surface area contributed by atoms with E-state index in [0.717, 1.165) is 29.5 Å². The Balaban J connectivity index is 2.36. The van der Waals surface area contributed by atoms with Crippen molar-refractivity contribution in [3.63, 3.8) is 0 Å². The van der Waals surface area contributed by atoms with Crippen molar-refractivity contribution >= 4 is 22.4 Å². The second-order valence-electron chi connectivity index (χ2n) is 4.74. The molecule has 0 fully saturated rings. The fourth-order valence-corrected chi connectivity index (χ4v) is 2.05. The quantitative estimate of drug-likeness (QED) is 0.865. The Morgan fingerprint density at radius 1 is 1.16 bits per heavy atom. The molecule has 0 aromatic heterocycles. The molecule has 4 heteroatoms. The third-order valence-corrected chi connectivity index (χ3v) is 3.03. The van der Waals surface area contributed by atoms with E-state index < -0.39 is 5.97 Å². The molecule has 0 saturated heterocycles. The number of hydrogen-bond donors (Lipinski definition) is 2. The van der Waals surface area contributed by atoms with Gasteiger partial charge in [-0.25, -0.2) is 4.79 Å². The topological polar surface area (TPSA) is 52.6 Å². The summed E-state index contributed by atoms with van der Waals surface area (Å²) < 4.78 is 0. The van der Waals surface area contributed by atoms with E-state index in [-0.39, 0.29) is 0 Å². The molecule has 0 aliphatic rings. The van der Waals surface area contributed by atoms with Crippen molar-refractivity contribution < 1.29 is 9.90 Å². The number of likely N-dealkylation sites (N-methyl/N-ethyl adjacent to an activating group) is 1. The Labute approximate surface area is 112 Å². The predicted molar refractivity (Wildman–Crippen MR) is 78.0 cm³/mol. The van der Waals surface area contributed by atoms with E-state index in [4.69, 9.17) is 0 Å². The minimum Gasteiger partial charge on any atom is -0.478 e. The number of fused-ring (bicyclic) bond motifs is 1. The molecular weight excluding hydrogens is 240 g/mol. The largest absolute Gasteiger partial charge is 0.478 e. The second-order valence-corrected chi connectivity index (χ2v) is 4.74. The van der Waals surface area contributed by atoms with Crippen molar-refractivity contribution in [3.8, 4) is 0 Å². The first-order valence-corrected chi connectivity index (χ1v) is 6.23. The van der Waals surface area contributed by atoms with Gasteiger partial charge in [-0.3, -0.25) is 0 Å². The maximum absolute atomic E-state index is 11.2. The summed E-state index contributed by atoms with van der Waals surface area (Å²) in [5.74, 6) is -0.893. The zero-order valence-corrected chi connectivity index (χ0v) is 11.2. The van der Waals surface area contributed by atoms with Crippen LogP contribution in [0.3, 0.4) is 0 Å². The van der Waals surface area contributed by atoms with Crippen LogP contribution in [-0.4, -0.2) is 43.2 Å². The number of rotatable bonds is 5. The maximum Gasteiger partial charge on any atom is 0.336 e. The van der Waals surface area contributed by atoms with Crippen LogP contribution in [0.5, 0.6) is 0 Å². The Hall–Kier alpha value is -2.07. The highest BCUT2D eigenvalue weighted by Crippen LogP contribution is 2.26. The molecule has 2 aromatic carbocycles.